The molecular formula is C20H25N3O5S. The van der Waals surface area contributed by atoms with Gasteiger partial charge in [-0.15, -0.1) is 4.40 Å². The molecule has 8 nitrogen and oxygen atoms in total. The van der Waals surface area contributed by atoms with E-state index in [0.29, 0.717) is 37.3 Å². The maximum Gasteiger partial charge on any atom is 0.309 e. The molecule has 3 heterocycles. The number of nitrogens with zero attached hydrogens (tertiary/aromatic N) is 3. The molecule has 156 valence electrons. The third-order valence-electron chi connectivity index (χ3n) is 5.80. The Balaban J connectivity index is 1.35. The minimum absolute atomic E-state index is 0.129. The van der Waals surface area contributed by atoms with Gasteiger partial charge >= 0.3 is 5.97 Å². The average molecular weight is 420 g/mol. The van der Waals surface area contributed by atoms with Gasteiger partial charge in [0.05, 0.1) is 5.92 Å². The van der Waals surface area contributed by atoms with Gasteiger partial charge in [0.15, 0.2) is 11.9 Å². The molecule has 3 aliphatic heterocycles. The minimum atomic E-state index is -3.66. The molecule has 0 saturated carbocycles. The molecule has 1 aromatic rings. The lowest BCUT2D eigenvalue weighted by atomic mass is 9.96. The van der Waals surface area contributed by atoms with Crippen LogP contribution in [0, 0.1) is 5.92 Å². The molecular weight excluding hydrogens is 394 g/mol. The van der Waals surface area contributed by atoms with Gasteiger partial charge in [0, 0.05) is 31.7 Å². The second-order valence-corrected chi connectivity index (χ2v) is 9.33. The Morgan fingerprint density at radius 2 is 1.76 bits per heavy atom. The first-order valence-corrected chi connectivity index (χ1v) is 11.5. The molecule has 1 amide bonds. The third kappa shape index (κ3) is 3.88. The van der Waals surface area contributed by atoms with Crippen LogP contribution in [0.1, 0.15) is 38.2 Å². The second kappa shape index (κ2) is 7.78. The number of sulfonamides is 1. The Labute approximate surface area is 170 Å². The fourth-order valence-electron chi connectivity index (χ4n) is 4.16. The zero-order valence-corrected chi connectivity index (χ0v) is 17.2. The fraction of sp³-hybridized carbons (Fsp3) is 0.550. The predicted octanol–water partition coefficient (Wildman–Crippen LogP) is 1.40. The van der Waals surface area contributed by atoms with E-state index in [9.17, 15) is 18.0 Å². The number of carbonyl (C=O) groups excluding carboxylic acids is 2. The minimum Gasteiger partial charge on any atom is -0.452 e. The van der Waals surface area contributed by atoms with Crippen molar-refractivity contribution >= 4 is 27.7 Å². The maximum absolute atomic E-state index is 12.5. The average Bonchev–Trinajstić information content (AvgIpc) is 3.34. The number of amidine groups is 1. The highest BCUT2D eigenvalue weighted by atomic mass is 32.2. The lowest BCUT2D eigenvalue weighted by Crippen LogP contribution is -2.43. The first-order chi connectivity index (χ1) is 13.9. The Bertz CT molecular complexity index is 945. The first-order valence-electron chi connectivity index (χ1n) is 10.1. The lowest BCUT2D eigenvalue weighted by molar-refractivity contribution is -0.163. The van der Waals surface area contributed by atoms with Crippen LogP contribution in [0.25, 0.3) is 0 Å². The van der Waals surface area contributed by atoms with Crippen LogP contribution in [0.2, 0.25) is 0 Å². The molecule has 3 aliphatic rings. The summed E-state index contributed by atoms with van der Waals surface area (Å²) in [5.74, 6) is -0.333. The smallest absolute Gasteiger partial charge is 0.309 e. The molecule has 0 spiro atoms. The van der Waals surface area contributed by atoms with Crippen molar-refractivity contribution in [1.82, 2.24) is 9.80 Å². The molecule has 0 bridgehead atoms. The predicted molar refractivity (Wildman–Crippen MR) is 106 cm³/mol. The van der Waals surface area contributed by atoms with Crippen LogP contribution in [0.3, 0.4) is 0 Å². The van der Waals surface area contributed by atoms with E-state index in [1.54, 1.807) is 36.1 Å². The molecule has 0 aromatic heterocycles. The van der Waals surface area contributed by atoms with Gasteiger partial charge in [-0.1, -0.05) is 12.1 Å². The van der Waals surface area contributed by atoms with Gasteiger partial charge in [-0.25, -0.2) is 0 Å². The summed E-state index contributed by atoms with van der Waals surface area (Å²) in [5.41, 5.74) is 0.610. The Morgan fingerprint density at radius 3 is 2.45 bits per heavy atom. The van der Waals surface area contributed by atoms with E-state index < -0.39 is 16.1 Å². The molecule has 9 heteroatoms. The second-order valence-electron chi connectivity index (χ2n) is 7.76. The van der Waals surface area contributed by atoms with Crippen LogP contribution in [-0.2, 0) is 24.3 Å². The molecule has 1 atom stereocenters. The largest absolute Gasteiger partial charge is 0.452 e. The van der Waals surface area contributed by atoms with Gasteiger partial charge < -0.3 is 14.5 Å². The van der Waals surface area contributed by atoms with E-state index in [0.717, 1.165) is 25.9 Å². The molecule has 1 aromatic carbocycles. The first kappa shape index (κ1) is 19.9. The summed E-state index contributed by atoms with van der Waals surface area (Å²) in [5, 5.41) is 0. The number of fused-ring (bicyclic) bond motifs is 1. The van der Waals surface area contributed by atoms with E-state index in [1.807, 2.05) is 4.90 Å². The van der Waals surface area contributed by atoms with Gasteiger partial charge in [0.25, 0.3) is 15.9 Å². The number of hydrogen-bond acceptors (Lipinski definition) is 6. The number of piperidine rings is 1. The topological polar surface area (TPSA) is 96.3 Å². The monoisotopic (exact) mass is 419 g/mol. The van der Waals surface area contributed by atoms with Crippen molar-refractivity contribution in [1.29, 1.82) is 0 Å². The zero-order valence-electron chi connectivity index (χ0n) is 16.4. The van der Waals surface area contributed by atoms with Crippen molar-refractivity contribution in [3.8, 4) is 0 Å². The van der Waals surface area contributed by atoms with E-state index in [1.165, 1.54) is 0 Å². The zero-order chi connectivity index (χ0) is 20.6. The van der Waals surface area contributed by atoms with E-state index in [2.05, 4.69) is 4.40 Å². The molecule has 2 fully saturated rings. The molecule has 4 rings (SSSR count). The van der Waals surface area contributed by atoms with E-state index in [-0.39, 0.29) is 22.7 Å². The highest BCUT2D eigenvalue weighted by Crippen LogP contribution is 2.30. The summed E-state index contributed by atoms with van der Waals surface area (Å²) in [6, 6.07) is 6.79. The van der Waals surface area contributed by atoms with Crippen molar-refractivity contribution in [2.24, 2.45) is 10.3 Å². The number of ether oxygens (including phenoxy) is 1. The number of carbonyl (C=O) groups is 2. The van der Waals surface area contributed by atoms with Gasteiger partial charge in [0.1, 0.15) is 4.90 Å². The number of esters is 1. The van der Waals surface area contributed by atoms with Crippen molar-refractivity contribution in [3.05, 3.63) is 29.8 Å². The highest BCUT2D eigenvalue weighted by Gasteiger charge is 2.35. The molecule has 2 saturated heterocycles. The molecule has 0 radical (unpaired) electrons. The number of benzene rings is 1. The summed E-state index contributed by atoms with van der Waals surface area (Å²) < 4.78 is 33.9. The van der Waals surface area contributed by atoms with Gasteiger partial charge in [0.2, 0.25) is 0 Å². The van der Waals surface area contributed by atoms with Gasteiger partial charge in [-0.2, -0.15) is 8.42 Å². The van der Waals surface area contributed by atoms with Crippen LogP contribution >= 0.6 is 0 Å². The van der Waals surface area contributed by atoms with Crippen LogP contribution in [0.4, 0.5) is 0 Å². The number of amides is 1. The van der Waals surface area contributed by atoms with Crippen molar-refractivity contribution in [3.63, 3.8) is 0 Å². The fourth-order valence-corrected chi connectivity index (χ4v) is 5.39. The normalized spacial score (nSPS) is 22.2. The molecule has 0 aliphatic carbocycles. The Morgan fingerprint density at radius 1 is 1.10 bits per heavy atom. The Hall–Kier alpha value is -2.42. The molecule has 0 N–H and O–H groups in total. The summed E-state index contributed by atoms with van der Waals surface area (Å²) in [7, 11) is -3.66. The van der Waals surface area contributed by atoms with Gasteiger partial charge in [-0.3, -0.25) is 9.59 Å². The van der Waals surface area contributed by atoms with E-state index in [4.69, 9.17) is 4.74 Å². The van der Waals surface area contributed by atoms with Crippen LogP contribution in [0.5, 0.6) is 0 Å². The summed E-state index contributed by atoms with van der Waals surface area (Å²) in [6.07, 6.45) is 2.28. The quantitative estimate of drug-likeness (QED) is 0.687. The molecule has 29 heavy (non-hydrogen) atoms. The summed E-state index contributed by atoms with van der Waals surface area (Å²) in [4.78, 5) is 28.7. The number of rotatable bonds is 3. The van der Waals surface area contributed by atoms with Crippen LogP contribution in [0.15, 0.2) is 33.6 Å². The maximum atomic E-state index is 12.5. The van der Waals surface area contributed by atoms with Crippen LogP contribution in [-0.4, -0.2) is 68.2 Å². The summed E-state index contributed by atoms with van der Waals surface area (Å²) in [6.45, 7) is 4.10. The van der Waals surface area contributed by atoms with Gasteiger partial charge in [-0.05, 0) is 44.7 Å². The highest BCUT2D eigenvalue weighted by molar-refractivity contribution is 7.90. The third-order valence-corrected chi connectivity index (χ3v) is 7.12. The number of likely N-dealkylation sites (tertiary alicyclic amines) is 2. The summed E-state index contributed by atoms with van der Waals surface area (Å²) >= 11 is 0. The van der Waals surface area contributed by atoms with Crippen molar-refractivity contribution in [2.45, 2.75) is 43.6 Å². The van der Waals surface area contributed by atoms with E-state index >= 15 is 0 Å². The Kier molecular flexibility index (Phi) is 5.33. The standard InChI is InChI=1S/C20H25N3O5S/c1-14(19(24)23-10-4-5-11-23)28-20(25)15-8-12-22(13-9-15)18-16-6-2-3-7-17(16)29(26,27)21-18/h2-3,6-7,14-15H,4-5,8-13H2,1H3/t14-/m1/s1. The molecule has 0 unspecified atom stereocenters. The lowest BCUT2D eigenvalue weighted by Gasteiger charge is -2.32. The SMILES string of the molecule is C[C@@H](OC(=O)C1CCN(C2=NS(=O)(=O)c3ccccc32)CC1)C(=O)N1CCCC1. The number of hydrogen-bond donors (Lipinski definition) is 0. The van der Waals surface area contributed by atoms with Crippen LogP contribution < -0.4 is 0 Å². The van der Waals surface area contributed by atoms with Crippen molar-refractivity contribution < 1.29 is 22.7 Å². The van der Waals surface area contributed by atoms with Crippen molar-refractivity contribution in [2.75, 3.05) is 26.2 Å².